The number of Topliss-reactive ketones (excluding diaryl/α,β-unsaturated/α-hetero) is 1. The Balaban J connectivity index is 1.78. The minimum Gasteiger partial charge on any atom is -0.358 e. The van der Waals surface area contributed by atoms with Crippen molar-refractivity contribution >= 4 is 17.4 Å². The first-order chi connectivity index (χ1) is 12.5. The molecule has 0 saturated carbocycles. The number of nitrogens with one attached hydrogen (secondary N) is 1. The number of carbonyl (C=O) groups is 1. The highest BCUT2D eigenvalue weighted by Crippen LogP contribution is 2.38. The molecule has 3 aromatic rings. The first-order valence-corrected chi connectivity index (χ1v) is 8.49. The number of fused-ring (bicyclic) bond motifs is 1. The number of aromatic nitrogens is 1. The maximum atomic E-state index is 14.2. The Labute approximate surface area is 152 Å². The van der Waals surface area contributed by atoms with Crippen molar-refractivity contribution in [2.45, 2.75) is 18.8 Å². The van der Waals surface area contributed by atoms with Gasteiger partial charge in [0.15, 0.2) is 5.78 Å². The van der Waals surface area contributed by atoms with Gasteiger partial charge in [-0.05, 0) is 43.2 Å². The molecule has 26 heavy (non-hydrogen) atoms. The summed E-state index contributed by atoms with van der Waals surface area (Å²) in [6, 6.07) is 9.38. The van der Waals surface area contributed by atoms with E-state index in [2.05, 4.69) is 4.98 Å². The van der Waals surface area contributed by atoms with Crippen molar-refractivity contribution in [2.75, 3.05) is 0 Å². The van der Waals surface area contributed by atoms with E-state index in [0.29, 0.717) is 23.4 Å². The second kappa shape index (κ2) is 6.32. The van der Waals surface area contributed by atoms with Gasteiger partial charge in [0.1, 0.15) is 17.5 Å². The van der Waals surface area contributed by atoms with Crippen molar-refractivity contribution in [1.82, 2.24) is 4.98 Å². The van der Waals surface area contributed by atoms with Crippen LogP contribution in [0.25, 0.3) is 11.3 Å². The Bertz CT molecular complexity index is 987. The lowest BCUT2D eigenvalue weighted by Crippen LogP contribution is -2.22. The summed E-state index contributed by atoms with van der Waals surface area (Å²) in [5.41, 5.74) is 1.27. The number of carbonyl (C=O) groups excluding carboxylic acids is 1. The summed E-state index contributed by atoms with van der Waals surface area (Å²) in [5, 5.41) is 0.216. The Morgan fingerprint density at radius 1 is 1.00 bits per heavy atom. The molecule has 2 nitrogen and oxygen atoms in total. The summed E-state index contributed by atoms with van der Waals surface area (Å²) in [7, 11) is 0. The van der Waals surface area contributed by atoms with E-state index in [1.54, 1.807) is 6.07 Å². The third-order valence-corrected chi connectivity index (χ3v) is 5.06. The van der Waals surface area contributed by atoms with Crippen LogP contribution in [-0.2, 0) is 6.42 Å². The third-order valence-electron chi connectivity index (χ3n) is 4.74. The molecule has 0 aliphatic heterocycles. The Morgan fingerprint density at radius 3 is 2.35 bits per heavy atom. The molecule has 1 atom stereocenters. The SMILES string of the molecule is O=C1c2cc(-c3c(F)cccc3Cl)[nH]c2CCC1c1c(F)cccc1F. The molecule has 1 heterocycles. The van der Waals surface area contributed by atoms with Gasteiger partial charge >= 0.3 is 0 Å². The molecular formula is C20H13ClF3NO. The van der Waals surface area contributed by atoms with Crippen LogP contribution >= 0.6 is 11.6 Å². The Hall–Kier alpha value is -2.53. The van der Waals surface area contributed by atoms with Crippen LogP contribution in [0.15, 0.2) is 42.5 Å². The number of benzene rings is 2. The predicted octanol–water partition coefficient (Wildman–Crippen LogP) is 5.67. The molecule has 1 aliphatic rings. The summed E-state index contributed by atoms with van der Waals surface area (Å²) < 4.78 is 42.3. The van der Waals surface area contributed by atoms with E-state index in [0.717, 1.165) is 12.1 Å². The molecular weight excluding hydrogens is 363 g/mol. The maximum absolute atomic E-state index is 14.2. The van der Waals surface area contributed by atoms with Gasteiger partial charge in [-0.2, -0.15) is 0 Å². The lowest BCUT2D eigenvalue weighted by Gasteiger charge is -2.22. The smallest absolute Gasteiger partial charge is 0.172 e. The minimum absolute atomic E-state index is 0.171. The van der Waals surface area contributed by atoms with Crippen molar-refractivity contribution in [3.05, 3.63) is 81.8 Å². The maximum Gasteiger partial charge on any atom is 0.172 e. The zero-order chi connectivity index (χ0) is 18.4. The third kappa shape index (κ3) is 2.63. The van der Waals surface area contributed by atoms with Crippen LogP contribution in [-0.4, -0.2) is 10.8 Å². The molecule has 1 N–H and O–H groups in total. The van der Waals surface area contributed by atoms with Crippen molar-refractivity contribution in [1.29, 1.82) is 0 Å². The summed E-state index contributed by atoms with van der Waals surface area (Å²) in [6.45, 7) is 0. The van der Waals surface area contributed by atoms with Gasteiger partial charge in [-0.1, -0.05) is 23.7 Å². The largest absolute Gasteiger partial charge is 0.358 e. The first-order valence-electron chi connectivity index (χ1n) is 8.11. The van der Waals surface area contributed by atoms with Crippen molar-refractivity contribution in [2.24, 2.45) is 0 Å². The molecule has 0 fully saturated rings. The summed E-state index contributed by atoms with van der Waals surface area (Å²) in [5.74, 6) is -3.27. The average molecular weight is 376 g/mol. The molecule has 4 rings (SSSR count). The summed E-state index contributed by atoms with van der Waals surface area (Å²) >= 11 is 6.09. The van der Waals surface area contributed by atoms with Gasteiger partial charge in [-0.3, -0.25) is 4.79 Å². The van der Waals surface area contributed by atoms with Crippen LogP contribution in [0.4, 0.5) is 13.2 Å². The second-order valence-corrected chi connectivity index (χ2v) is 6.67. The number of aryl methyl sites for hydroxylation is 1. The summed E-state index contributed by atoms with van der Waals surface area (Å²) in [4.78, 5) is 15.9. The van der Waals surface area contributed by atoms with Gasteiger partial charge in [0.25, 0.3) is 0 Å². The van der Waals surface area contributed by atoms with Gasteiger partial charge in [0.05, 0.1) is 22.2 Å². The monoisotopic (exact) mass is 375 g/mol. The van der Waals surface area contributed by atoms with E-state index < -0.39 is 23.4 Å². The van der Waals surface area contributed by atoms with Crippen molar-refractivity contribution in [3.8, 4) is 11.3 Å². The van der Waals surface area contributed by atoms with Crippen LogP contribution in [0, 0.1) is 17.5 Å². The molecule has 1 aliphatic carbocycles. The molecule has 1 aromatic heterocycles. The van der Waals surface area contributed by atoms with Crippen LogP contribution in [0.3, 0.4) is 0 Å². The van der Waals surface area contributed by atoms with E-state index in [1.165, 1.54) is 24.3 Å². The topological polar surface area (TPSA) is 32.9 Å². The van der Waals surface area contributed by atoms with Crippen LogP contribution in [0.5, 0.6) is 0 Å². The molecule has 1 unspecified atom stereocenters. The minimum atomic E-state index is -0.900. The lowest BCUT2D eigenvalue weighted by molar-refractivity contribution is 0.0942. The molecule has 0 saturated heterocycles. The Morgan fingerprint density at radius 2 is 1.65 bits per heavy atom. The molecule has 132 valence electrons. The fourth-order valence-corrected chi connectivity index (χ4v) is 3.80. The standard InChI is InChI=1S/C20H13ClF3NO/c21-12-3-1-4-15(24)19(12)17-9-11-16(25-17)8-7-10(20(11)26)18-13(22)5-2-6-14(18)23/h1-6,9-10,25H,7-8H2. The molecule has 0 amide bonds. The summed E-state index contributed by atoms with van der Waals surface area (Å²) in [6.07, 6.45) is 0.695. The van der Waals surface area contributed by atoms with Crippen LogP contribution in [0.2, 0.25) is 5.02 Å². The van der Waals surface area contributed by atoms with Gasteiger partial charge in [0, 0.05) is 16.8 Å². The fourth-order valence-electron chi connectivity index (χ4n) is 3.53. The van der Waals surface area contributed by atoms with E-state index in [4.69, 9.17) is 11.6 Å². The lowest BCUT2D eigenvalue weighted by atomic mass is 9.81. The van der Waals surface area contributed by atoms with Gasteiger partial charge in [-0.25, -0.2) is 13.2 Å². The molecule has 0 spiro atoms. The van der Waals surface area contributed by atoms with E-state index >= 15 is 0 Å². The highest BCUT2D eigenvalue weighted by atomic mass is 35.5. The van der Waals surface area contributed by atoms with Gasteiger partial charge in [0.2, 0.25) is 0 Å². The van der Waals surface area contributed by atoms with Crippen LogP contribution in [0.1, 0.15) is 34.0 Å². The zero-order valence-corrected chi connectivity index (χ0v) is 14.2. The number of hydrogen-bond donors (Lipinski definition) is 1. The average Bonchev–Trinajstić information content (AvgIpc) is 3.01. The number of ketones is 1. The van der Waals surface area contributed by atoms with Crippen molar-refractivity contribution < 1.29 is 18.0 Å². The normalized spacial score (nSPS) is 16.6. The van der Waals surface area contributed by atoms with Gasteiger partial charge < -0.3 is 4.98 Å². The number of hydrogen-bond acceptors (Lipinski definition) is 1. The van der Waals surface area contributed by atoms with E-state index in [9.17, 15) is 18.0 Å². The highest BCUT2D eigenvalue weighted by Gasteiger charge is 2.34. The number of H-pyrrole nitrogens is 1. The van der Waals surface area contributed by atoms with Gasteiger partial charge in [-0.15, -0.1) is 0 Å². The predicted molar refractivity (Wildman–Crippen MR) is 92.9 cm³/mol. The number of rotatable bonds is 2. The molecule has 2 aromatic carbocycles. The molecule has 0 bridgehead atoms. The highest BCUT2D eigenvalue weighted by molar-refractivity contribution is 6.33. The molecule has 0 radical (unpaired) electrons. The zero-order valence-electron chi connectivity index (χ0n) is 13.5. The quantitative estimate of drug-likeness (QED) is 0.615. The van der Waals surface area contributed by atoms with Crippen molar-refractivity contribution in [3.63, 3.8) is 0 Å². The van der Waals surface area contributed by atoms with E-state index in [1.807, 2.05) is 0 Å². The number of halogens is 4. The first kappa shape index (κ1) is 16.9. The Kier molecular flexibility index (Phi) is 4.11. The van der Waals surface area contributed by atoms with Crippen LogP contribution < -0.4 is 0 Å². The number of aromatic amines is 1. The van der Waals surface area contributed by atoms with E-state index in [-0.39, 0.29) is 28.4 Å². The fraction of sp³-hybridized carbons (Fsp3) is 0.150. The second-order valence-electron chi connectivity index (χ2n) is 6.26. The molecule has 6 heteroatoms.